The molecule has 1 aromatic carbocycles. The van der Waals surface area contributed by atoms with Gasteiger partial charge in [0, 0.05) is 11.9 Å². The Morgan fingerprint density at radius 1 is 1.25 bits per heavy atom. The van der Waals surface area contributed by atoms with Crippen LogP contribution in [-0.2, 0) is 9.53 Å². The summed E-state index contributed by atoms with van der Waals surface area (Å²) in [5.41, 5.74) is 0.910. The number of nitrogens with one attached hydrogen (secondary N) is 1. The van der Waals surface area contributed by atoms with Gasteiger partial charge in [0.2, 0.25) is 0 Å². The van der Waals surface area contributed by atoms with Crippen molar-refractivity contribution in [2.75, 3.05) is 6.54 Å². The van der Waals surface area contributed by atoms with E-state index in [-0.39, 0.29) is 11.6 Å². The summed E-state index contributed by atoms with van der Waals surface area (Å²) < 4.78 is 5.09. The summed E-state index contributed by atoms with van der Waals surface area (Å²) in [6.45, 7) is 3.83. The quantitative estimate of drug-likeness (QED) is 0.863. The van der Waals surface area contributed by atoms with Gasteiger partial charge >= 0.3 is 5.97 Å². The van der Waals surface area contributed by atoms with E-state index in [1.807, 2.05) is 24.3 Å². The fraction of sp³-hybridized carbons (Fsp3) is 0.267. The number of likely N-dealkylation sites (N-methyl/N-ethyl adjacent to an activating group) is 1. The number of fused-ring (bicyclic) bond motifs is 1. The summed E-state index contributed by atoms with van der Waals surface area (Å²) in [6.07, 6.45) is -0.837. The number of nitrogens with zero attached hydrogens (tertiary/aromatic N) is 1. The van der Waals surface area contributed by atoms with Crippen molar-refractivity contribution in [1.29, 1.82) is 0 Å². The smallest absolute Gasteiger partial charge is 0.357 e. The van der Waals surface area contributed by atoms with Gasteiger partial charge in [0.05, 0.1) is 5.52 Å². The third-order valence-corrected chi connectivity index (χ3v) is 2.81. The second kappa shape index (κ2) is 6.14. The van der Waals surface area contributed by atoms with Crippen molar-refractivity contribution in [3.8, 4) is 0 Å². The summed E-state index contributed by atoms with van der Waals surface area (Å²) in [5.74, 6) is -0.920. The number of benzene rings is 1. The molecular weight excluding hydrogens is 256 g/mol. The van der Waals surface area contributed by atoms with Crippen molar-refractivity contribution in [2.45, 2.75) is 20.0 Å². The van der Waals surface area contributed by atoms with Crippen molar-refractivity contribution in [1.82, 2.24) is 10.3 Å². The largest absolute Gasteiger partial charge is 0.448 e. The molecule has 0 fully saturated rings. The Morgan fingerprint density at radius 3 is 2.75 bits per heavy atom. The lowest BCUT2D eigenvalue weighted by molar-refractivity contribution is -0.128. The molecule has 0 aliphatic rings. The van der Waals surface area contributed by atoms with E-state index in [1.54, 1.807) is 19.1 Å². The van der Waals surface area contributed by atoms with Crippen LogP contribution in [0.25, 0.3) is 10.9 Å². The predicted octanol–water partition coefficient (Wildman–Crippen LogP) is 1.92. The number of carbonyl (C=O) groups excluding carboxylic acids is 2. The topological polar surface area (TPSA) is 68.3 Å². The molecule has 5 heteroatoms. The minimum absolute atomic E-state index is 0.194. The van der Waals surface area contributed by atoms with Crippen LogP contribution in [0.3, 0.4) is 0 Å². The fourth-order valence-corrected chi connectivity index (χ4v) is 1.77. The molecule has 2 rings (SSSR count). The van der Waals surface area contributed by atoms with Crippen LogP contribution in [-0.4, -0.2) is 29.5 Å². The molecule has 104 valence electrons. The van der Waals surface area contributed by atoms with Crippen LogP contribution in [0.1, 0.15) is 24.3 Å². The van der Waals surface area contributed by atoms with Crippen LogP contribution in [0.15, 0.2) is 36.4 Å². The molecule has 0 saturated carbocycles. The van der Waals surface area contributed by atoms with E-state index >= 15 is 0 Å². The normalized spacial score (nSPS) is 11.9. The monoisotopic (exact) mass is 272 g/mol. The van der Waals surface area contributed by atoms with Gasteiger partial charge in [-0.15, -0.1) is 0 Å². The molecule has 1 heterocycles. The fourth-order valence-electron chi connectivity index (χ4n) is 1.77. The Hall–Kier alpha value is -2.43. The standard InChI is InChI=1S/C15H16N2O3/c1-3-16-14(18)10(2)20-15(19)13-9-8-11-6-4-5-7-12(11)17-13/h4-10H,3H2,1-2H3,(H,16,18)/t10-/m1/s1. The first kappa shape index (κ1) is 14.0. The highest BCUT2D eigenvalue weighted by Gasteiger charge is 2.19. The molecule has 2 aromatic rings. The average molecular weight is 272 g/mol. The van der Waals surface area contributed by atoms with Crippen LogP contribution in [0.5, 0.6) is 0 Å². The first-order chi connectivity index (χ1) is 9.61. The molecule has 1 atom stereocenters. The minimum atomic E-state index is -0.837. The second-order valence-electron chi connectivity index (χ2n) is 4.33. The van der Waals surface area contributed by atoms with Gasteiger partial charge in [-0.3, -0.25) is 4.79 Å². The highest BCUT2D eigenvalue weighted by atomic mass is 16.5. The Bertz CT molecular complexity index is 640. The highest BCUT2D eigenvalue weighted by molar-refractivity contribution is 5.93. The molecule has 5 nitrogen and oxygen atoms in total. The molecule has 20 heavy (non-hydrogen) atoms. The third-order valence-electron chi connectivity index (χ3n) is 2.81. The van der Waals surface area contributed by atoms with Crippen molar-refractivity contribution >= 4 is 22.8 Å². The molecule has 0 aliphatic heterocycles. The van der Waals surface area contributed by atoms with E-state index in [2.05, 4.69) is 10.3 Å². The number of esters is 1. The van der Waals surface area contributed by atoms with Crippen molar-refractivity contribution in [3.05, 3.63) is 42.1 Å². The summed E-state index contributed by atoms with van der Waals surface area (Å²) in [5, 5.41) is 3.54. The lowest BCUT2D eigenvalue weighted by Crippen LogP contribution is -2.35. The molecular formula is C15H16N2O3. The molecule has 1 N–H and O–H groups in total. The van der Waals surface area contributed by atoms with E-state index in [9.17, 15) is 9.59 Å². The van der Waals surface area contributed by atoms with E-state index in [0.29, 0.717) is 12.1 Å². The van der Waals surface area contributed by atoms with Crippen molar-refractivity contribution in [2.24, 2.45) is 0 Å². The molecule has 0 bridgehead atoms. The molecule has 0 unspecified atom stereocenters. The maximum atomic E-state index is 11.9. The van der Waals surface area contributed by atoms with Gasteiger partial charge in [0.25, 0.3) is 5.91 Å². The van der Waals surface area contributed by atoms with Crippen molar-refractivity contribution < 1.29 is 14.3 Å². The maximum absolute atomic E-state index is 11.9. The lowest BCUT2D eigenvalue weighted by Gasteiger charge is -2.12. The van der Waals surface area contributed by atoms with Gasteiger partial charge < -0.3 is 10.1 Å². The van der Waals surface area contributed by atoms with Gasteiger partial charge in [-0.2, -0.15) is 0 Å². The summed E-state index contributed by atoms with van der Waals surface area (Å²) in [4.78, 5) is 27.7. The van der Waals surface area contributed by atoms with Crippen LogP contribution in [0.4, 0.5) is 0 Å². The first-order valence-electron chi connectivity index (χ1n) is 6.46. The SMILES string of the molecule is CCNC(=O)[C@@H](C)OC(=O)c1ccc2ccccc2n1. The van der Waals surface area contributed by atoms with E-state index in [1.165, 1.54) is 6.92 Å². The summed E-state index contributed by atoms with van der Waals surface area (Å²) in [6, 6.07) is 10.9. The lowest BCUT2D eigenvalue weighted by atomic mass is 10.2. The number of pyridine rings is 1. The number of hydrogen-bond acceptors (Lipinski definition) is 4. The van der Waals surface area contributed by atoms with E-state index < -0.39 is 12.1 Å². The first-order valence-corrected chi connectivity index (χ1v) is 6.46. The van der Waals surface area contributed by atoms with Crippen LogP contribution in [0.2, 0.25) is 0 Å². The number of rotatable bonds is 4. The number of carbonyl (C=O) groups is 2. The highest BCUT2D eigenvalue weighted by Crippen LogP contribution is 2.12. The van der Waals surface area contributed by atoms with Gasteiger partial charge in [-0.1, -0.05) is 24.3 Å². The zero-order valence-corrected chi connectivity index (χ0v) is 11.4. The third kappa shape index (κ3) is 3.12. The molecule has 0 aliphatic carbocycles. The summed E-state index contributed by atoms with van der Waals surface area (Å²) >= 11 is 0. The van der Waals surface area contributed by atoms with Gasteiger partial charge in [0.15, 0.2) is 6.10 Å². The zero-order chi connectivity index (χ0) is 14.5. The Balaban J connectivity index is 2.13. The van der Waals surface area contributed by atoms with Gasteiger partial charge in [-0.25, -0.2) is 9.78 Å². The van der Waals surface area contributed by atoms with Gasteiger partial charge in [-0.05, 0) is 26.0 Å². The van der Waals surface area contributed by atoms with E-state index in [0.717, 1.165) is 5.39 Å². The number of aromatic nitrogens is 1. The zero-order valence-electron chi connectivity index (χ0n) is 11.4. The molecule has 1 amide bonds. The van der Waals surface area contributed by atoms with Crippen LogP contribution >= 0.6 is 0 Å². The Kier molecular flexibility index (Phi) is 4.30. The van der Waals surface area contributed by atoms with E-state index in [4.69, 9.17) is 4.74 Å². The molecule has 0 spiro atoms. The number of hydrogen-bond donors (Lipinski definition) is 1. The second-order valence-corrected chi connectivity index (χ2v) is 4.33. The number of amides is 1. The number of para-hydroxylation sites is 1. The molecule has 0 radical (unpaired) electrons. The Morgan fingerprint density at radius 2 is 2.00 bits per heavy atom. The van der Waals surface area contributed by atoms with Crippen LogP contribution < -0.4 is 5.32 Å². The predicted molar refractivity (Wildman–Crippen MR) is 75.3 cm³/mol. The average Bonchev–Trinajstić information content (AvgIpc) is 2.46. The summed E-state index contributed by atoms with van der Waals surface area (Å²) in [7, 11) is 0. The molecule has 0 saturated heterocycles. The minimum Gasteiger partial charge on any atom is -0.448 e. The molecule has 1 aromatic heterocycles. The Labute approximate surface area is 117 Å². The maximum Gasteiger partial charge on any atom is 0.357 e. The number of ether oxygens (including phenoxy) is 1. The van der Waals surface area contributed by atoms with Crippen LogP contribution in [0, 0.1) is 0 Å². The van der Waals surface area contributed by atoms with Crippen molar-refractivity contribution in [3.63, 3.8) is 0 Å². The van der Waals surface area contributed by atoms with Gasteiger partial charge in [0.1, 0.15) is 5.69 Å².